The first-order valence-corrected chi connectivity index (χ1v) is 7.84. The van der Waals surface area contributed by atoms with E-state index in [1.54, 1.807) is 0 Å². The summed E-state index contributed by atoms with van der Waals surface area (Å²) in [6.45, 7) is 8.55. The van der Waals surface area contributed by atoms with Crippen LogP contribution in [-0.2, 0) is 19.6 Å². The van der Waals surface area contributed by atoms with Crippen molar-refractivity contribution in [3.8, 4) is 0 Å². The highest BCUT2D eigenvalue weighted by molar-refractivity contribution is 5.57. The Hall–Kier alpha value is -1.80. The van der Waals surface area contributed by atoms with Crippen molar-refractivity contribution in [2.24, 2.45) is 5.92 Å². The molecule has 3 rings (SSSR count). The third-order valence-corrected chi connectivity index (χ3v) is 4.04. The van der Waals surface area contributed by atoms with Crippen LogP contribution in [0, 0.1) is 5.92 Å². The smallest absolute Gasteiger partial charge is 0.0436 e. The maximum absolute atomic E-state index is 3.56. The van der Waals surface area contributed by atoms with Crippen LogP contribution in [0.25, 0.3) is 0 Å². The number of rotatable bonds is 5. The molecule has 0 atom stereocenters. The largest absolute Gasteiger partial charge is 0.363 e. The average Bonchev–Trinajstić information content (AvgIpc) is 2.91. The van der Waals surface area contributed by atoms with E-state index in [0.717, 1.165) is 26.2 Å². The summed E-state index contributed by atoms with van der Waals surface area (Å²) in [6, 6.07) is 17.5. The van der Waals surface area contributed by atoms with Crippen molar-refractivity contribution >= 4 is 5.69 Å². The van der Waals surface area contributed by atoms with Gasteiger partial charge in [0, 0.05) is 25.3 Å². The Labute approximate surface area is 127 Å². The number of nitrogens with zero attached hydrogens (tertiary/aromatic N) is 1. The Morgan fingerprint density at radius 1 is 0.952 bits per heavy atom. The van der Waals surface area contributed by atoms with Crippen molar-refractivity contribution in [1.82, 2.24) is 5.32 Å². The molecule has 0 bridgehead atoms. The van der Waals surface area contributed by atoms with Crippen LogP contribution in [0.1, 0.15) is 30.5 Å². The van der Waals surface area contributed by atoms with Crippen molar-refractivity contribution in [3.63, 3.8) is 0 Å². The summed E-state index contributed by atoms with van der Waals surface area (Å²) in [5, 5.41) is 3.56. The lowest BCUT2D eigenvalue weighted by molar-refractivity contribution is 0.552. The Morgan fingerprint density at radius 3 is 2.24 bits per heavy atom. The fourth-order valence-electron chi connectivity index (χ4n) is 2.97. The Morgan fingerprint density at radius 2 is 1.57 bits per heavy atom. The van der Waals surface area contributed by atoms with Crippen LogP contribution in [0.3, 0.4) is 0 Å². The molecule has 2 aromatic rings. The number of anilines is 1. The molecule has 0 unspecified atom stereocenters. The number of hydrogen-bond donors (Lipinski definition) is 1. The molecule has 2 heteroatoms. The zero-order valence-electron chi connectivity index (χ0n) is 13.0. The summed E-state index contributed by atoms with van der Waals surface area (Å²) in [5.74, 6) is 0.688. The molecule has 2 nitrogen and oxygen atoms in total. The van der Waals surface area contributed by atoms with Crippen LogP contribution in [0.2, 0.25) is 0 Å². The van der Waals surface area contributed by atoms with E-state index in [9.17, 15) is 0 Å². The van der Waals surface area contributed by atoms with E-state index in [-0.39, 0.29) is 0 Å². The summed E-state index contributed by atoms with van der Waals surface area (Å²) in [5.41, 5.74) is 5.68. The zero-order chi connectivity index (χ0) is 14.7. The van der Waals surface area contributed by atoms with Gasteiger partial charge >= 0.3 is 0 Å². The first-order chi connectivity index (χ1) is 10.2. The lowest BCUT2D eigenvalue weighted by atomic mass is 10.1. The van der Waals surface area contributed by atoms with Gasteiger partial charge < -0.3 is 10.2 Å². The van der Waals surface area contributed by atoms with E-state index >= 15 is 0 Å². The minimum atomic E-state index is 0.688. The van der Waals surface area contributed by atoms with Gasteiger partial charge in [-0.3, -0.25) is 0 Å². The molecule has 21 heavy (non-hydrogen) atoms. The molecule has 1 N–H and O–H groups in total. The topological polar surface area (TPSA) is 15.3 Å². The molecule has 1 aliphatic rings. The van der Waals surface area contributed by atoms with Crippen molar-refractivity contribution in [3.05, 3.63) is 65.2 Å². The minimum Gasteiger partial charge on any atom is -0.363 e. The van der Waals surface area contributed by atoms with Gasteiger partial charge in [-0.25, -0.2) is 0 Å². The highest BCUT2D eigenvalue weighted by Crippen LogP contribution is 2.30. The third kappa shape index (κ3) is 3.27. The van der Waals surface area contributed by atoms with E-state index in [2.05, 4.69) is 72.6 Å². The molecule has 1 aliphatic heterocycles. The van der Waals surface area contributed by atoms with Crippen molar-refractivity contribution in [1.29, 1.82) is 0 Å². The quantitative estimate of drug-likeness (QED) is 0.892. The van der Waals surface area contributed by atoms with Crippen LogP contribution in [0.15, 0.2) is 48.5 Å². The molecule has 1 heterocycles. The SMILES string of the molecule is CC(C)CNCc1ccccc1N1Cc2ccccc2C1. The number of fused-ring (bicyclic) bond motifs is 1. The van der Waals surface area contributed by atoms with Crippen molar-refractivity contribution < 1.29 is 0 Å². The van der Waals surface area contributed by atoms with E-state index in [1.165, 1.54) is 22.4 Å². The first-order valence-electron chi connectivity index (χ1n) is 7.84. The van der Waals surface area contributed by atoms with Gasteiger partial charge in [0.25, 0.3) is 0 Å². The van der Waals surface area contributed by atoms with Crippen LogP contribution in [-0.4, -0.2) is 6.54 Å². The molecule has 0 aliphatic carbocycles. The molecule has 0 amide bonds. The van der Waals surface area contributed by atoms with Gasteiger partial charge in [0.15, 0.2) is 0 Å². The standard InChI is InChI=1S/C19H24N2/c1-15(2)11-20-12-16-7-5-6-10-19(16)21-13-17-8-3-4-9-18(17)14-21/h3-10,15,20H,11-14H2,1-2H3. The van der Waals surface area contributed by atoms with Gasteiger partial charge in [0.1, 0.15) is 0 Å². The normalized spacial score (nSPS) is 13.8. The second-order valence-corrected chi connectivity index (χ2v) is 6.28. The van der Waals surface area contributed by atoms with E-state index in [1.807, 2.05) is 0 Å². The lowest BCUT2D eigenvalue weighted by Crippen LogP contribution is -2.22. The zero-order valence-corrected chi connectivity index (χ0v) is 13.0. The average molecular weight is 280 g/mol. The van der Waals surface area contributed by atoms with E-state index < -0.39 is 0 Å². The van der Waals surface area contributed by atoms with Gasteiger partial charge in [-0.15, -0.1) is 0 Å². The maximum atomic E-state index is 3.56. The molecule has 0 saturated heterocycles. The first kappa shape index (κ1) is 14.2. The van der Waals surface area contributed by atoms with E-state index in [0.29, 0.717) is 5.92 Å². The van der Waals surface area contributed by atoms with Crippen LogP contribution >= 0.6 is 0 Å². The monoisotopic (exact) mass is 280 g/mol. The Bertz CT molecular complexity index is 579. The molecule has 110 valence electrons. The Balaban J connectivity index is 1.74. The summed E-state index contributed by atoms with van der Waals surface area (Å²) in [6.07, 6.45) is 0. The molecular weight excluding hydrogens is 256 g/mol. The molecule has 2 aromatic carbocycles. The minimum absolute atomic E-state index is 0.688. The highest BCUT2D eigenvalue weighted by Gasteiger charge is 2.20. The predicted octanol–water partition coefficient (Wildman–Crippen LogP) is 3.95. The second kappa shape index (κ2) is 6.31. The fourth-order valence-corrected chi connectivity index (χ4v) is 2.97. The molecule has 0 fully saturated rings. The summed E-state index contributed by atoms with van der Waals surface area (Å²) in [7, 11) is 0. The molecule has 0 spiro atoms. The third-order valence-electron chi connectivity index (χ3n) is 4.04. The van der Waals surface area contributed by atoms with Gasteiger partial charge in [0.2, 0.25) is 0 Å². The number of hydrogen-bond acceptors (Lipinski definition) is 2. The van der Waals surface area contributed by atoms with Gasteiger partial charge in [-0.1, -0.05) is 56.3 Å². The van der Waals surface area contributed by atoms with Gasteiger partial charge in [-0.2, -0.15) is 0 Å². The van der Waals surface area contributed by atoms with Crippen molar-refractivity contribution in [2.45, 2.75) is 33.5 Å². The van der Waals surface area contributed by atoms with Gasteiger partial charge in [-0.05, 0) is 35.2 Å². The predicted molar refractivity (Wildman–Crippen MR) is 89.3 cm³/mol. The van der Waals surface area contributed by atoms with Crippen LogP contribution < -0.4 is 10.2 Å². The number of nitrogens with one attached hydrogen (secondary N) is 1. The van der Waals surface area contributed by atoms with Crippen LogP contribution in [0.4, 0.5) is 5.69 Å². The molecular formula is C19H24N2. The second-order valence-electron chi connectivity index (χ2n) is 6.28. The summed E-state index contributed by atoms with van der Waals surface area (Å²) < 4.78 is 0. The highest BCUT2D eigenvalue weighted by atomic mass is 15.1. The van der Waals surface area contributed by atoms with Crippen molar-refractivity contribution in [2.75, 3.05) is 11.4 Å². The van der Waals surface area contributed by atoms with Gasteiger partial charge in [0.05, 0.1) is 0 Å². The fraction of sp³-hybridized carbons (Fsp3) is 0.368. The number of benzene rings is 2. The van der Waals surface area contributed by atoms with E-state index in [4.69, 9.17) is 0 Å². The molecule has 0 saturated carbocycles. The summed E-state index contributed by atoms with van der Waals surface area (Å²) in [4.78, 5) is 2.48. The summed E-state index contributed by atoms with van der Waals surface area (Å²) >= 11 is 0. The maximum Gasteiger partial charge on any atom is 0.0436 e. The molecule has 0 aromatic heterocycles. The molecule has 0 radical (unpaired) electrons. The van der Waals surface area contributed by atoms with Crippen LogP contribution in [0.5, 0.6) is 0 Å². The Kier molecular flexibility index (Phi) is 4.26. The number of para-hydroxylation sites is 1. The lowest BCUT2D eigenvalue weighted by Gasteiger charge is -2.22.